The zero-order valence-electron chi connectivity index (χ0n) is 13.0. The maximum atomic E-state index is 3.76. The highest BCUT2D eigenvalue weighted by atomic mass is 32.2. The molecule has 2 nitrogen and oxygen atoms in total. The highest BCUT2D eigenvalue weighted by molar-refractivity contribution is 8.00. The van der Waals surface area contributed by atoms with Crippen LogP contribution in [-0.2, 0) is 0 Å². The largest absolute Gasteiger partial charge is 0.314 e. The van der Waals surface area contributed by atoms with Gasteiger partial charge in [0.2, 0.25) is 0 Å². The van der Waals surface area contributed by atoms with Crippen molar-refractivity contribution in [3.05, 3.63) is 0 Å². The minimum Gasteiger partial charge on any atom is -0.314 e. The molecule has 0 aromatic carbocycles. The molecule has 2 rings (SSSR count). The first-order valence-electron chi connectivity index (χ1n) is 8.31. The standard InChI is InChI=1S/C16H32N2S/c1-4-17-16-9-7-5-6-8-15(16)12-18-10-11-19-14(3)13(18)2/h13-17H,4-12H2,1-3H3. The van der Waals surface area contributed by atoms with Gasteiger partial charge in [-0.15, -0.1) is 0 Å². The minimum atomic E-state index is 0.754. The zero-order chi connectivity index (χ0) is 13.7. The fourth-order valence-corrected chi connectivity index (χ4v) is 4.85. The van der Waals surface area contributed by atoms with Gasteiger partial charge in [-0.2, -0.15) is 11.8 Å². The first-order valence-corrected chi connectivity index (χ1v) is 9.36. The van der Waals surface area contributed by atoms with E-state index in [-0.39, 0.29) is 0 Å². The van der Waals surface area contributed by atoms with E-state index < -0.39 is 0 Å². The van der Waals surface area contributed by atoms with E-state index in [4.69, 9.17) is 0 Å². The van der Waals surface area contributed by atoms with Crippen LogP contribution in [0.4, 0.5) is 0 Å². The summed E-state index contributed by atoms with van der Waals surface area (Å²) >= 11 is 2.15. The fraction of sp³-hybridized carbons (Fsp3) is 1.00. The van der Waals surface area contributed by atoms with Crippen molar-refractivity contribution in [1.82, 2.24) is 10.2 Å². The summed E-state index contributed by atoms with van der Waals surface area (Å²) in [6.45, 7) is 10.8. The second kappa shape index (κ2) is 7.90. The van der Waals surface area contributed by atoms with Gasteiger partial charge in [-0.25, -0.2) is 0 Å². The van der Waals surface area contributed by atoms with Crippen LogP contribution in [0.2, 0.25) is 0 Å². The molecule has 2 aliphatic rings. The monoisotopic (exact) mass is 284 g/mol. The number of thioether (sulfide) groups is 1. The molecular formula is C16H32N2S. The van der Waals surface area contributed by atoms with Crippen molar-refractivity contribution in [3.63, 3.8) is 0 Å². The third-order valence-corrected chi connectivity index (χ3v) is 6.45. The van der Waals surface area contributed by atoms with Gasteiger partial charge in [0.15, 0.2) is 0 Å². The summed E-state index contributed by atoms with van der Waals surface area (Å²) in [6, 6.07) is 1.52. The number of nitrogens with one attached hydrogen (secondary N) is 1. The van der Waals surface area contributed by atoms with E-state index in [1.165, 1.54) is 50.9 Å². The topological polar surface area (TPSA) is 15.3 Å². The summed E-state index contributed by atoms with van der Waals surface area (Å²) < 4.78 is 0. The molecule has 0 spiro atoms. The van der Waals surface area contributed by atoms with Crippen LogP contribution in [0.15, 0.2) is 0 Å². The van der Waals surface area contributed by atoms with Crippen LogP contribution in [0.25, 0.3) is 0 Å². The SMILES string of the molecule is CCNC1CCCCCC1CN1CCSC(C)C1C. The van der Waals surface area contributed by atoms with Crippen LogP contribution < -0.4 is 5.32 Å². The van der Waals surface area contributed by atoms with E-state index in [2.05, 4.69) is 42.7 Å². The molecular weight excluding hydrogens is 252 g/mol. The van der Waals surface area contributed by atoms with Gasteiger partial charge < -0.3 is 5.32 Å². The lowest BCUT2D eigenvalue weighted by Gasteiger charge is -2.40. The molecule has 4 atom stereocenters. The van der Waals surface area contributed by atoms with Crippen molar-refractivity contribution in [2.75, 3.05) is 25.4 Å². The van der Waals surface area contributed by atoms with Crippen LogP contribution in [0.5, 0.6) is 0 Å². The Morgan fingerprint density at radius 1 is 1.16 bits per heavy atom. The summed E-state index contributed by atoms with van der Waals surface area (Å²) in [4.78, 5) is 2.77. The Hall–Kier alpha value is 0.270. The van der Waals surface area contributed by atoms with Gasteiger partial charge in [-0.3, -0.25) is 4.90 Å². The second-order valence-corrected chi connectivity index (χ2v) is 7.86. The number of nitrogens with zero attached hydrogens (tertiary/aromatic N) is 1. The molecule has 0 aromatic rings. The van der Waals surface area contributed by atoms with Crippen molar-refractivity contribution in [2.45, 2.75) is 70.2 Å². The molecule has 1 aliphatic heterocycles. The van der Waals surface area contributed by atoms with Crippen molar-refractivity contribution in [1.29, 1.82) is 0 Å². The summed E-state index contributed by atoms with van der Waals surface area (Å²) in [7, 11) is 0. The molecule has 1 saturated carbocycles. The Kier molecular flexibility index (Phi) is 6.51. The van der Waals surface area contributed by atoms with E-state index >= 15 is 0 Å². The lowest BCUT2D eigenvalue weighted by Crippen LogP contribution is -2.49. The van der Waals surface area contributed by atoms with Crippen molar-refractivity contribution in [2.24, 2.45) is 5.92 Å². The van der Waals surface area contributed by atoms with E-state index in [1.807, 2.05) is 0 Å². The molecule has 1 saturated heterocycles. The van der Waals surface area contributed by atoms with Gasteiger partial charge in [0, 0.05) is 36.2 Å². The molecule has 1 N–H and O–H groups in total. The fourth-order valence-electron chi connectivity index (χ4n) is 3.69. The Bertz CT molecular complexity index is 259. The van der Waals surface area contributed by atoms with Crippen molar-refractivity contribution < 1.29 is 0 Å². The summed E-state index contributed by atoms with van der Waals surface area (Å²) in [5, 5.41) is 4.56. The summed E-state index contributed by atoms with van der Waals surface area (Å²) in [5.74, 6) is 2.20. The Balaban J connectivity index is 1.93. The summed E-state index contributed by atoms with van der Waals surface area (Å²) in [5.41, 5.74) is 0. The third-order valence-electron chi connectivity index (χ3n) is 5.11. The van der Waals surface area contributed by atoms with Crippen LogP contribution in [-0.4, -0.2) is 47.6 Å². The normalized spacial score (nSPS) is 38.1. The number of hydrogen-bond acceptors (Lipinski definition) is 3. The van der Waals surface area contributed by atoms with Crippen LogP contribution in [0.1, 0.15) is 52.9 Å². The molecule has 0 aromatic heterocycles. The highest BCUT2D eigenvalue weighted by Crippen LogP contribution is 2.29. The highest BCUT2D eigenvalue weighted by Gasteiger charge is 2.30. The molecule has 19 heavy (non-hydrogen) atoms. The van der Waals surface area contributed by atoms with E-state index in [9.17, 15) is 0 Å². The number of hydrogen-bond donors (Lipinski definition) is 1. The van der Waals surface area contributed by atoms with Gasteiger partial charge in [-0.1, -0.05) is 33.1 Å². The first-order chi connectivity index (χ1) is 9.22. The van der Waals surface area contributed by atoms with Crippen LogP contribution >= 0.6 is 11.8 Å². The third kappa shape index (κ3) is 4.37. The smallest absolute Gasteiger partial charge is 0.0184 e. The number of rotatable bonds is 4. The molecule has 1 heterocycles. The maximum Gasteiger partial charge on any atom is 0.0184 e. The lowest BCUT2D eigenvalue weighted by atomic mass is 9.93. The predicted molar refractivity (Wildman–Crippen MR) is 87.0 cm³/mol. The predicted octanol–water partition coefficient (Wildman–Crippen LogP) is 3.37. The van der Waals surface area contributed by atoms with E-state index in [0.717, 1.165) is 29.8 Å². The van der Waals surface area contributed by atoms with Gasteiger partial charge >= 0.3 is 0 Å². The Morgan fingerprint density at radius 3 is 2.74 bits per heavy atom. The lowest BCUT2D eigenvalue weighted by molar-refractivity contribution is 0.156. The second-order valence-electron chi connectivity index (χ2n) is 6.37. The molecule has 2 fully saturated rings. The quantitative estimate of drug-likeness (QED) is 0.797. The first kappa shape index (κ1) is 15.7. The van der Waals surface area contributed by atoms with Gasteiger partial charge in [0.05, 0.1) is 0 Å². The minimum absolute atomic E-state index is 0.754. The van der Waals surface area contributed by atoms with Gasteiger partial charge in [0.25, 0.3) is 0 Å². The van der Waals surface area contributed by atoms with Crippen molar-refractivity contribution in [3.8, 4) is 0 Å². The Labute approximate surface area is 124 Å². The van der Waals surface area contributed by atoms with Gasteiger partial charge in [0.1, 0.15) is 0 Å². The zero-order valence-corrected chi connectivity index (χ0v) is 13.8. The van der Waals surface area contributed by atoms with E-state index in [0.29, 0.717) is 0 Å². The molecule has 1 aliphatic carbocycles. The molecule has 3 heteroatoms. The molecule has 0 amide bonds. The Morgan fingerprint density at radius 2 is 1.95 bits per heavy atom. The summed E-state index contributed by atoms with van der Waals surface area (Å²) in [6.07, 6.45) is 7.14. The molecule has 112 valence electrons. The maximum absolute atomic E-state index is 3.76. The van der Waals surface area contributed by atoms with Gasteiger partial charge in [-0.05, 0) is 32.2 Å². The van der Waals surface area contributed by atoms with Crippen molar-refractivity contribution >= 4 is 11.8 Å². The van der Waals surface area contributed by atoms with Crippen LogP contribution in [0, 0.1) is 5.92 Å². The van der Waals surface area contributed by atoms with Crippen LogP contribution in [0.3, 0.4) is 0 Å². The average Bonchev–Trinajstić information content (AvgIpc) is 2.62. The average molecular weight is 285 g/mol. The molecule has 4 unspecified atom stereocenters. The molecule has 0 radical (unpaired) electrons. The van der Waals surface area contributed by atoms with E-state index in [1.54, 1.807) is 0 Å². The molecule has 0 bridgehead atoms.